The van der Waals surface area contributed by atoms with Gasteiger partial charge in [-0.1, -0.05) is 19.9 Å². The molecule has 0 saturated carbocycles. The van der Waals surface area contributed by atoms with E-state index in [1.807, 2.05) is 19.9 Å². The van der Waals surface area contributed by atoms with Crippen molar-refractivity contribution in [3.8, 4) is 17.2 Å². The smallest absolute Gasteiger partial charge is 0.269 e. The third-order valence-electron chi connectivity index (χ3n) is 8.20. The number of non-ortho nitro benzene ring substituents is 1. The number of nitro groups is 1. The SMILES string of the molecule is COc1ccc(C(O)=C2C(=N)N(c3ccc([N+](=O)[O-])cc3C)C3=C(C(=O)CC(C)(C)C3)[C@H]2c2ccc3c(c2)OCO3)cc1. The van der Waals surface area contributed by atoms with Crippen LogP contribution in [0, 0.1) is 27.9 Å². The van der Waals surface area contributed by atoms with Crippen molar-refractivity contribution in [2.24, 2.45) is 5.41 Å². The van der Waals surface area contributed by atoms with Crippen LogP contribution in [0.15, 0.2) is 77.5 Å². The fourth-order valence-electron chi connectivity index (χ4n) is 6.21. The Bertz CT molecular complexity index is 1750. The number of carbonyl (C=O) groups is 1. The Morgan fingerprint density at radius 3 is 2.47 bits per heavy atom. The van der Waals surface area contributed by atoms with Gasteiger partial charge in [0.05, 0.1) is 17.7 Å². The molecule has 3 aromatic rings. The van der Waals surface area contributed by atoms with Crippen molar-refractivity contribution < 1.29 is 29.0 Å². The van der Waals surface area contributed by atoms with E-state index in [1.165, 1.54) is 12.1 Å². The van der Waals surface area contributed by atoms with Gasteiger partial charge in [0, 0.05) is 46.9 Å². The third-order valence-corrected chi connectivity index (χ3v) is 8.20. The average Bonchev–Trinajstić information content (AvgIpc) is 3.44. The van der Waals surface area contributed by atoms with E-state index < -0.39 is 16.3 Å². The van der Waals surface area contributed by atoms with Gasteiger partial charge in [0.25, 0.3) is 5.69 Å². The minimum atomic E-state index is -0.780. The number of ether oxygens (including phenoxy) is 3. The molecule has 2 N–H and O–H groups in total. The summed E-state index contributed by atoms with van der Waals surface area (Å²) in [5.41, 5.74) is 3.07. The molecule has 0 spiro atoms. The summed E-state index contributed by atoms with van der Waals surface area (Å²) in [5, 5.41) is 33.1. The Morgan fingerprint density at radius 1 is 1.07 bits per heavy atom. The largest absolute Gasteiger partial charge is 0.507 e. The highest BCUT2D eigenvalue weighted by atomic mass is 16.7. The summed E-state index contributed by atoms with van der Waals surface area (Å²) in [6, 6.07) is 16.7. The van der Waals surface area contributed by atoms with E-state index >= 15 is 0 Å². The molecule has 0 amide bonds. The van der Waals surface area contributed by atoms with E-state index in [0.29, 0.717) is 57.3 Å². The predicted octanol–water partition coefficient (Wildman–Crippen LogP) is 6.83. The van der Waals surface area contributed by atoms with Crippen LogP contribution in [-0.4, -0.2) is 35.6 Å². The first-order valence-electron chi connectivity index (χ1n) is 13.9. The van der Waals surface area contributed by atoms with Crippen LogP contribution in [0.25, 0.3) is 5.76 Å². The number of nitrogens with zero attached hydrogens (tertiary/aromatic N) is 2. The highest BCUT2D eigenvalue weighted by Gasteiger charge is 2.47. The summed E-state index contributed by atoms with van der Waals surface area (Å²) in [6.07, 6.45) is 0.758. The maximum atomic E-state index is 14.1. The summed E-state index contributed by atoms with van der Waals surface area (Å²) in [7, 11) is 1.55. The molecular formula is C33H31N3O7. The number of methoxy groups -OCH3 is 1. The molecule has 0 radical (unpaired) electrons. The molecule has 0 bridgehead atoms. The number of hydrogen-bond donors (Lipinski definition) is 2. The highest BCUT2D eigenvalue weighted by Crippen LogP contribution is 2.52. The fourth-order valence-corrected chi connectivity index (χ4v) is 6.21. The number of ketones is 1. The van der Waals surface area contributed by atoms with E-state index in [2.05, 4.69) is 0 Å². The van der Waals surface area contributed by atoms with Crippen molar-refractivity contribution >= 4 is 28.8 Å². The first kappa shape index (κ1) is 28.0. The van der Waals surface area contributed by atoms with Gasteiger partial charge in [-0.2, -0.15) is 0 Å². The molecule has 0 fully saturated rings. The molecule has 0 aromatic heterocycles. The number of fused-ring (bicyclic) bond motifs is 1. The fraction of sp³-hybridized carbons (Fsp3) is 0.273. The van der Waals surface area contributed by atoms with Crippen molar-refractivity contribution in [2.75, 3.05) is 18.8 Å². The van der Waals surface area contributed by atoms with E-state index in [4.69, 9.17) is 14.2 Å². The molecule has 3 aliphatic rings. The van der Waals surface area contributed by atoms with Gasteiger partial charge in [-0.05, 0) is 72.4 Å². The molecule has 1 atom stereocenters. The van der Waals surface area contributed by atoms with Crippen molar-refractivity contribution in [3.05, 3.63) is 104 Å². The number of allylic oxidation sites excluding steroid dienone is 2. The summed E-state index contributed by atoms with van der Waals surface area (Å²) >= 11 is 0. The zero-order valence-electron chi connectivity index (χ0n) is 24.3. The van der Waals surface area contributed by atoms with Crippen LogP contribution in [0.2, 0.25) is 0 Å². The van der Waals surface area contributed by atoms with E-state index in [1.54, 1.807) is 61.4 Å². The van der Waals surface area contributed by atoms with Gasteiger partial charge in [-0.25, -0.2) is 0 Å². The van der Waals surface area contributed by atoms with Crippen LogP contribution in [0.1, 0.15) is 49.3 Å². The Kier molecular flexibility index (Phi) is 6.71. The second kappa shape index (κ2) is 10.3. The van der Waals surface area contributed by atoms with Crippen LogP contribution >= 0.6 is 0 Å². The number of benzene rings is 3. The quantitative estimate of drug-likeness (QED) is 0.190. The minimum absolute atomic E-state index is 0.0304. The maximum absolute atomic E-state index is 14.1. The Labute approximate surface area is 248 Å². The van der Waals surface area contributed by atoms with Gasteiger partial charge in [0.1, 0.15) is 17.3 Å². The molecule has 10 heteroatoms. The lowest BCUT2D eigenvalue weighted by atomic mass is 9.67. The number of aryl methyl sites for hydroxylation is 1. The Balaban J connectivity index is 1.65. The normalized spacial score (nSPS) is 20.2. The summed E-state index contributed by atoms with van der Waals surface area (Å²) < 4.78 is 16.5. The second-order valence-electron chi connectivity index (χ2n) is 11.7. The first-order chi connectivity index (χ1) is 20.5. The van der Waals surface area contributed by atoms with Crippen LogP contribution in [-0.2, 0) is 4.79 Å². The van der Waals surface area contributed by atoms with Gasteiger partial charge >= 0.3 is 0 Å². The molecule has 6 rings (SSSR count). The molecule has 43 heavy (non-hydrogen) atoms. The summed E-state index contributed by atoms with van der Waals surface area (Å²) in [4.78, 5) is 26.9. The Morgan fingerprint density at radius 2 is 1.79 bits per heavy atom. The third kappa shape index (κ3) is 4.78. The van der Waals surface area contributed by atoms with Gasteiger partial charge in [-0.3, -0.25) is 25.2 Å². The number of carbonyl (C=O) groups excluding carboxylic acids is 1. The molecule has 0 unspecified atom stereocenters. The van der Waals surface area contributed by atoms with Gasteiger partial charge in [-0.15, -0.1) is 0 Å². The second-order valence-corrected chi connectivity index (χ2v) is 11.7. The van der Waals surface area contributed by atoms with Crippen LogP contribution < -0.4 is 19.1 Å². The molecule has 2 aliphatic heterocycles. The van der Waals surface area contributed by atoms with Gasteiger partial charge in [0.2, 0.25) is 6.79 Å². The van der Waals surface area contributed by atoms with E-state index in [9.17, 15) is 25.4 Å². The standard InChI is InChI=1S/C33H31N3O7/c1-18-13-21(36(39)40)8-11-23(18)35-24-15-33(2,3)16-25(37)29(24)28(20-7-12-26-27(14-20)43-17-42-26)30(32(35)34)31(38)19-5-9-22(41-4)10-6-19/h5-14,28,34,38H,15-17H2,1-4H3/t28-/m1/s1. The molecule has 10 nitrogen and oxygen atoms in total. The highest BCUT2D eigenvalue weighted by molar-refractivity contribution is 6.20. The monoisotopic (exact) mass is 581 g/mol. The van der Waals surface area contributed by atoms with Crippen LogP contribution in [0.4, 0.5) is 11.4 Å². The Hall–Kier alpha value is -5.12. The summed E-state index contributed by atoms with van der Waals surface area (Å²) in [6.45, 7) is 5.83. The maximum Gasteiger partial charge on any atom is 0.269 e. The topological polar surface area (TPSA) is 135 Å². The number of nitro benzene ring substituents is 1. The van der Waals surface area contributed by atoms with Gasteiger partial charge < -0.3 is 19.3 Å². The number of aliphatic hydroxyl groups is 1. The number of amidine groups is 1. The van der Waals surface area contributed by atoms with Crippen LogP contribution in [0.5, 0.6) is 17.2 Å². The number of anilines is 1. The molecule has 3 aromatic carbocycles. The lowest BCUT2D eigenvalue weighted by Crippen LogP contribution is -2.45. The molecular weight excluding hydrogens is 550 g/mol. The lowest BCUT2D eigenvalue weighted by molar-refractivity contribution is -0.384. The van der Waals surface area contributed by atoms with E-state index in [0.717, 1.165) is 0 Å². The van der Waals surface area contributed by atoms with Crippen molar-refractivity contribution in [3.63, 3.8) is 0 Å². The number of nitrogens with one attached hydrogen (secondary N) is 1. The summed E-state index contributed by atoms with van der Waals surface area (Å²) in [5.74, 6) is 0.634. The van der Waals surface area contributed by atoms with Crippen LogP contribution in [0.3, 0.4) is 0 Å². The molecule has 2 heterocycles. The first-order valence-corrected chi connectivity index (χ1v) is 13.9. The minimum Gasteiger partial charge on any atom is -0.507 e. The predicted molar refractivity (Wildman–Crippen MR) is 161 cm³/mol. The molecule has 0 saturated heterocycles. The number of rotatable bonds is 5. The number of hydrogen-bond acceptors (Lipinski definition) is 8. The van der Waals surface area contributed by atoms with Gasteiger partial charge in [0.15, 0.2) is 17.3 Å². The zero-order valence-corrected chi connectivity index (χ0v) is 24.3. The van der Waals surface area contributed by atoms with Crippen molar-refractivity contribution in [1.29, 1.82) is 5.41 Å². The average molecular weight is 582 g/mol. The molecule has 220 valence electrons. The molecule has 1 aliphatic carbocycles. The lowest BCUT2D eigenvalue weighted by Gasteiger charge is -2.45. The van der Waals surface area contributed by atoms with Crippen molar-refractivity contribution in [1.82, 2.24) is 0 Å². The number of Topliss-reactive ketones (excluding diaryl/α,β-unsaturated/α-hetero) is 1. The van der Waals surface area contributed by atoms with Crippen molar-refractivity contribution in [2.45, 2.75) is 39.5 Å². The zero-order chi connectivity index (χ0) is 30.6. The number of aliphatic hydroxyl groups excluding tert-OH is 1. The van der Waals surface area contributed by atoms with E-state index in [-0.39, 0.29) is 41.9 Å².